The standard InChI is InChI=1S/C17H23Cl2N3O2/c1-2-7-20-8-9-21-16(23)15-4-3-10-22(15)17(24)12-5-6-13(18)14(19)11-12/h5-6,11,15,20H,2-4,7-10H2,1H3,(H,21,23). The minimum atomic E-state index is -0.418. The van der Waals surface area contributed by atoms with Gasteiger partial charge in [-0.1, -0.05) is 30.1 Å². The molecule has 5 nitrogen and oxygen atoms in total. The lowest BCUT2D eigenvalue weighted by Gasteiger charge is -2.24. The number of hydrogen-bond donors (Lipinski definition) is 2. The molecule has 24 heavy (non-hydrogen) atoms. The number of nitrogens with zero attached hydrogens (tertiary/aromatic N) is 1. The van der Waals surface area contributed by atoms with E-state index in [1.807, 2.05) is 0 Å². The molecule has 1 fully saturated rings. The lowest BCUT2D eigenvalue weighted by Crippen LogP contribution is -2.47. The Hall–Kier alpha value is -1.30. The number of carbonyl (C=O) groups excluding carboxylic acids is 2. The maximum Gasteiger partial charge on any atom is 0.254 e. The molecule has 0 aromatic heterocycles. The van der Waals surface area contributed by atoms with Crippen molar-refractivity contribution in [2.45, 2.75) is 32.2 Å². The molecule has 1 aromatic carbocycles. The molecule has 1 atom stereocenters. The number of likely N-dealkylation sites (tertiary alicyclic amines) is 1. The summed E-state index contributed by atoms with van der Waals surface area (Å²) in [6.45, 7) is 4.89. The smallest absolute Gasteiger partial charge is 0.254 e. The SMILES string of the molecule is CCCNCCNC(=O)C1CCCN1C(=O)c1ccc(Cl)c(Cl)c1. The fourth-order valence-corrected chi connectivity index (χ4v) is 3.07. The van der Waals surface area contributed by atoms with Crippen molar-refractivity contribution in [3.8, 4) is 0 Å². The van der Waals surface area contributed by atoms with E-state index in [1.54, 1.807) is 23.1 Å². The van der Waals surface area contributed by atoms with Crippen LogP contribution in [0.2, 0.25) is 10.0 Å². The minimum Gasteiger partial charge on any atom is -0.353 e. The van der Waals surface area contributed by atoms with Gasteiger partial charge in [-0.25, -0.2) is 0 Å². The highest BCUT2D eigenvalue weighted by Crippen LogP contribution is 2.25. The number of carbonyl (C=O) groups is 2. The maximum absolute atomic E-state index is 12.7. The van der Waals surface area contributed by atoms with E-state index in [-0.39, 0.29) is 11.8 Å². The lowest BCUT2D eigenvalue weighted by atomic mass is 10.1. The number of rotatable bonds is 7. The molecule has 2 amide bonds. The van der Waals surface area contributed by atoms with Crippen molar-refractivity contribution in [3.63, 3.8) is 0 Å². The molecule has 0 saturated carbocycles. The third kappa shape index (κ3) is 4.85. The van der Waals surface area contributed by atoms with E-state index < -0.39 is 6.04 Å². The molecule has 2 N–H and O–H groups in total. The van der Waals surface area contributed by atoms with Gasteiger partial charge in [0.1, 0.15) is 6.04 Å². The Morgan fingerprint density at radius 2 is 2.00 bits per heavy atom. The first kappa shape index (κ1) is 19.0. The van der Waals surface area contributed by atoms with Gasteiger partial charge in [-0.15, -0.1) is 0 Å². The van der Waals surface area contributed by atoms with E-state index in [9.17, 15) is 9.59 Å². The average Bonchev–Trinajstić information content (AvgIpc) is 3.06. The van der Waals surface area contributed by atoms with Crippen LogP contribution in [0, 0.1) is 0 Å². The normalized spacial score (nSPS) is 17.1. The molecule has 1 aliphatic rings. The molecule has 7 heteroatoms. The third-order valence-electron chi connectivity index (χ3n) is 4.01. The first-order valence-corrected chi connectivity index (χ1v) is 9.04. The predicted octanol–water partition coefficient (Wildman–Crippen LogP) is 2.71. The second kappa shape index (κ2) is 9.25. The van der Waals surface area contributed by atoms with Crippen LogP contribution in [0.25, 0.3) is 0 Å². The summed E-state index contributed by atoms with van der Waals surface area (Å²) < 4.78 is 0. The van der Waals surface area contributed by atoms with Gasteiger partial charge in [0.2, 0.25) is 5.91 Å². The summed E-state index contributed by atoms with van der Waals surface area (Å²) in [7, 11) is 0. The van der Waals surface area contributed by atoms with Crippen molar-refractivity contribution in [2.24, 2.45) is 0 Å². The van der Waals surface area contributed by atoms with Gasteiger partial charge in [-0.05, 0) is 44.0 Å². The van der Waals surface area contributed by atoms with Gasteiger partial charge in [0.05, 0.1) is 10.0 Å². The largest absolute Gasteiger partial charge is 0.353 e. The van der Waals surface area contributed by atoms with E-state index in [0.717, 1.165) is 25.9 Å². The quantitative estimate of drug-likeness (QED) is 0.724. The van der Waals surface area contributed by atoms with E-state index in [1.165, 1.54) is 0 Å². The number of halogens is 2. The Balaban J connectivity index is 1.95. The van der Waals surface area contributed by atoms with Crippen LogP contribution >= 0.6 is 23.2 Å². The Labute approximate surface area is 152 Å². The average molecular weight is 372 g/mol. The summed E-state index contributed by atoms with van der Waals surface area (Å²) in [5.74, 6) is -0.283. The molecule has 1 heterocycles. The van der Waals surface area contributed by atoms with Gasteiger partial charge >= 0.3 is 0 Å². The molecule has 0 spiro atoms. The Kier molecular flexibility index (Phi) is 7.34. The van der Waals surface area contributed by atoms with Crippen molar-refractivity contribution in [3.05, 3.63) is 33.8 Å². The Bertz CT molecular complexity index is 595. The van der Waals surface area contributed by atoms with Crippen LogP contribution in [0.1, 0.15) is 36.5 Å². The summed E-state index contributed by atoms with van der Waals surface area (Å²) in [5.41, 5.74) is 0.453. The molecule has 1 unspecified atom stereocenters. The number of amides is 2. The summed E-state index contributed by atoms with van der Waals surface area (Å²) >= 11 is 11.9. The van der Waals surface area contributed by atoms with Gasteiger partial charge in [0.15, 0.2) is 0 Å². The van der Waals surface area contributed by atoms with E-state index in [0.29, 0.717) is 35.1 Å². The van der Waals surface area contributed by atoms with E-state index >= 15 is 0 Å². The van der Waals surface area contributed by atoms with Gasteiger partial charge in [0.25, 0.3) is 5.91 Å². The fourth-order valence-electron chi connectivity index (χ4n) is 2.77. The van der Waals surface area contributed by atoms with E-state index in [2.05, 4.69) is 17.6 Å². The van der Waals surface area contributed by atoms with Crippen LogP contribution in [0.15, 0.2) is 18.2 Å². The van der Waals surface area contributed by atoms with Gasteiger partial charge < -0.3 is 15.5 Å². The van der Waals surface area contributed by atoms with Crippen molar-refractivity contribution < 1.29 is 9.59 Å². The predicted molar refractivity (Wildman–Crippen MR) is 96.7 cm³/mol. The summed E-state index contributed by atoms with van der Waals surface area (Å²) in [6, 6.07) is 4.37. The summed E-state index contributed by atoms with van der Waals surface area (Å²) in [6.07, 6.45) is 2.56. The van der Waals surface area contributed by atoms with Crippen molar-refractivity contribution in [2.75, 3.05) is 26.2 Å². The minimum absolute atomic E-state index is 0.0980. The highest BCUT2D eigenvalue weighted by Gasteiger charge is 2.34. The van der Waals surface area contributed by atoms with Crippen LogP contribution in [0.3, 0.4) is 0 Å². The van der Waals surface area contributed by atoms with Crippen LogP contribution in [0.4, 0.5) is 0 Å². The molecule has 1 aliphatic heterocycles. The van der Waals surface area contributed by atoms with Crippen LogP contribution < -0.4 is 10.6 Å². The van der Waals surface area contributed by atoms with E-state index in [4.69, 9.17) is 23.2 Å². The number of benzene rings is 1. The first-order valence-electron chi connectivity index (χ1n) is 8.29. The van der Waals surface area contributed by atoms with Crippen molar-refractivity contribution in [1.29, 1.82) is 0 Å². The highest BCUT2D eigenvalue weighted by molar-refractivity contribution is 6.42. The highest BCUT2D eigenvalue weighted by atomic mass is 35.5. The number of nitrogens with one attached hydrogen (secondary N) is 2. The number of hydrogen-bond acceptors (Lipinski definition) is 3. The van der Waals surface area contributed by atoms with Crippen LogP contribution in [0.5, 0.6) is 0 Å². The second-order valence-electron chi connectivity index (χ2n) is 5.83. The zero-order valence-corrected chi connectivity index (χ0v) is 15.3. The first-order chi connectivity index (χ1) is 11.5. The molecule has 0 bridgehead atoms. The molecule has 132 valence electrons. The maximum atomic E-state index is 12.7. The topological polar surface area (TPSA) is 61.4 Å². The van der Waals surface area contributed by atoms with Crippen molar-refractivity contribution in [1.82, 2.24) is 15.5 Å². The third-order valence-corrected chi connectivity index (χ3v) is 4.75. The molecule has 1 saturated heterocycles. The van der Waals surface area contributed by atoms with Gasteiger partial charge in [-0.2, -0.15) is 0 Å². The van der Waals surface area contributed by atoms with Crippen LogP contribution in [-0.2, 0) is 4.79 Å². The Morgan fingerprint density at radius 1 is 1.21 bits per heavy atom. The molecule has 2 rings (SSSR count). The fraction of sp³-hybridized carbons (Fsp3) is 0.529. The second-order valence-corrected chi connectivity index (χ2v) is 6.64. The lowest BCUT2D eigenvalue weighted by molar-refractivity contribution is -0.124. The molecule has 0 aliphatic carbocycles. The monoisotopic (exact) mass is 371 g/mol. The Morgan fingerprint density at radius 3 is 2.71 bits per heavy atom. The molecule has 1 aromatic rings. The van der Waals surface area contributed by atoms with Gasteiger partial charge in [0, 0.05) is 25.2 Å². The summed E-state index contributed by atoms with van der Waals surface area (Å²) in [5, 5.41) is 6.87. The molecular formula is C17H23Cl2N3O2. The zero-order valence-electron chi connectivity index (χ0n) is 13.8. The molecular weight excluding hydrogens is 349 g/mol. The van der Waals surface area contributed by atoms with Crippen LogP contribution in [-0.4, -0.2) is 48.9 Å². The zero-order chi connectivity index (χ0) is 17.5. The summed E-state index contributed by atoms with van der Waals surface area (Å²) in [4.78, 5) is 26.7. The van der Waals surface area contributed by atoms with Gasteiger partial charge in [-0.3, -0.25) is 9.59 Å². The van der Waals surface area contributed by atoms with Crippen molar-refractivity contribution >= 4 is 35.0 Å². The molecule has 0 radical (unpaired) electrons.